The number of hydrogen-bond donors (Lipinski definition) is 3. The maximum atomic E-state index is 15.4. The number of allylic oxidation sites excluding steroid dienone is 3. The van der Waals surface area contributed by atoms with Gasteiger partial charge in [-0.2, -0.15) is 5.01 Å². The lowest BCUT2D eigenvalue weighted by Crippen LogP contribution is -2.54. The lowest BCUT2D eigenvalue weighted by atomic mass is 9.50. The molecule has 3 N–H and O–H groups in total. The highest BCUT2D eigenvalue weighted by Crippen LogP contribution is 2.62. The first-order chi connectivity index (χ1) is 29.5. The fourth-order valence-corrected chi connectivity index (χ4v) is 9.88. The molecule has 6 unspecified atom stereocenters. The van der Waals surface area contributed by atoms with Gasteiger partial charge < -0.3 is 19.9 Å². The van der Waals surface area contributed by atoms with Crippen LogP contribution in [0.3, 0.4) is 0 Å². The number of para-hydroxylation sites is 1. The number of hydrogen-bond acceptors (Lipinski definition) is 9. The van der Waals surface area contributed by atoms with Crippen molar-refractivity contribution < 1.29 is 38.1 Å². The van der Waals surface area contributed by atoms with Crippen molar-refractivity contribution >= 4 is 64.1 Å². The number of amides is 4. The number of nitrogens with one attached hydrogen (secondary N) is 2. The molecule has 9 rings (SSSR count). The average Bonchev–Trinajstić information content (AvgIpc) is 3.65. The van der Waals surface area contributed by atoms with E-state index in [1.54, 1.807) is 54.6 Å². The van der Waals surface area contributed by atoms with Crippen LogP contribution in [0.15, 0.2) is 133 Å². The fourth-order valence-electron chi connectivity index (χ4n) is 9.76. The summed E-state index contributed by atoms with van der Waals surface area (Å²) >= 11 is 6.41. The molecule has 4 amide bonds. The molecule has 4 aliphatic rings. The predicted molar refractivity (Wildman–Crippen MR) is 229 cm³/mol. The number of methoxy groups -OCH3 is 2. The number of imide groups is 2. The van der Waals surface area contributed by atoms with Gasteiger partial charge in [0.2, 0.25) is 17.6 Å². The van der Waals surface area contributed by atoms with E-state index in [4.69, 9.17) is 21.1 Å². The van der Waals surface area contributed by atoms with Crippen molar-refractivity contribution in [3.8, 4) is 17.2 Å². The van der Waals surface area contributed by atoms with Crippen molar-refractivity contribution in [2.45, 2.75) is 18.3 Å². The van der Waals surface area contributed by atoms with E-state index in [0.717, 1.165) is 22.0 Å². The minimum Gasteiger partial charge on any atom is -0.502 e. The molecule has 11 nitrogen and oxygen atoms in total. The van der Waals surface area contributed by atoms with Gasteiger partial charge in [0, 0.05) is 22.3 Å². The summed E-state index contributed by atoms with van der Waals surface area (Å²) in [4.78, 5) is 60.6. The maximum absolute atomic E-state index is 15.4. The van der Waals surface area contributed by atoms with Crippen LogP contribution in [0.5, 0.6) is 17.2 Å². The molecule has 5 aromatic carbocycles. The van der Waals surface area contributed by atoms with E-state index in [-0.39, 0.29) is 41.9 Å². The predicted octanol–water partition coefficient (Wildman–Crippen LogP) is 8.68. The summed E-state index contributed by atoms with van der Waals surface area (Å²) < 4.78 is 24.8. The van der Waals surface area contributed by atoms with E-state index >= 15 is 4.79 Å². The Morgan fingerprint density at radius 3 is 2.08 bits per heavy atom. The van der Waals surface area contributed by atoms with Crippen LogP contribution in [0.2, 0.25) is 5.02 Å². The molecule has 2 aliphatic carbocycles. The number of rotatable bonds is 10. The third-order valence-electron chi connectivity index (χ3n) is 12.5. The first-order valence-corrected chi connectivity index (χ1v) is 20.2. The SMILES string of the molecule is COc1cc(C=CC2C3=CCC4C(=O)N(c5ccc(Nc6ccccc6)cc5)C(=O)C4C3CC3C(=O)N(Nc4ccc(F)cc4)C(=O)C23c2ccc(Cl)cc2)cc(OC)c1O. The summed E-state index contributed by atoms with van der Waals surface area (Å²) in [6, 6.07) is 32.1. The number of hydrazine groups is 1. The zero-order chi connectivity index (χ0) is 42.6. The highest BCUT2D eigenvalue weighted by atomic mass is 35.5. The van der Waals surface area contributed by atoms with Gasteiger partial charge in [-0.25, -0.2) is 4.39 Å². The molecule has 0 spiro atoms. The largest absolute Gasteiger partial charge is 0.502 e. The normalized spacial score (nSPS) is 24.3. The van der Waals surface area contributed by atoms with Crippen molar-refractivity contribution in [1.29, 1.82) is 0 Å². The number of carbonyl (C=O) groups excluding carboxylic acids is 4. The molecular formula is C48H40ClFN4O7. The maximum Gasteiger partial charge on any atom is 0.260 e. The van der Waals surface area contributed by atoms with Crippen molar-refractivity contribution in [2.75, 3.05) is 29.9 Å². The van der Waals surface area contributed by atoms with Crippen LogP contribution >= 0.6 is 11.6 Å². The Balaban J connectivity index is 1.15. The molecule has 13 heteroatoms. The molecular weight excluding hydrogens is 799 g/mol. The highest BCUT2D eigenvalue weighted by molar-refractivity contribution is 6.30. The zero-order valence-corrected chi connectivity index (χ0v) is 33.8. The van der Waals surface area contributed by atoms with E-state index in [0.29, 0.717) is 27.5 Å². The Bertz CT molecular complexity index is 2590. The average molecular weight is 839 g/mol. The zero-order valence-electron chi connectivity index (χ0n) is 33.0. The Morgan fingerprint density at radius 1 is 0.787 bits per heavy atom. The van der Waals surface area contributed by atoms with Crippen LogP contribution in [0, 0.1) is 35.4 Å². The second-order valence-electron chi connectivity index (χ2n) is 15.6. The number of halogens is 2. The van der Waals surface area contributed by atoms with Crippen LogP contribution < -0.4 is 25.1 Å². The van der Waals surface area contributed by atoms with Crippen molar-refractivity contribution in [1.82, 2.24) is 5.01 Å². The van der Waals surface area contributed by atoms with Gasteiger partial charge in [0.1, 0.15) is 5.82 Å². The topological polar surface area (TPSA) is 138 Å². The summed E-state index contributed by atoms with van der Waals surface area (Å²) in [5, 5.41) is 15.4. The van der Waals surface area contributed by atoms with Crippen LogP contribution in [-0.4, -0.2) is 48.0 Å². The molecule has 0 aromatic heterocycles. The van der Waals surface area contributed by atoms with Gasteiger partial charge in [0.15, 0.2) is 11.5 Å². The summed E-state index contributed by atoms with van der Waals surface area (Å²) in [6.45, 7) is 0. The standard InChI is InChI=1S/C48H40ClFN4O7/c1-60-40-24-27(25-41(61-2)43(40)55)8-23-38-35-21-22-36-42(46(58)53(44(36)56)34-19-17-32(18-20-34)51-31-6-4-3-5-7-31)37(35)26-39-45(57)54(52-33-15-13-30(50)14-16-33)47(59)48(38,39)28-9-11-29(49)12-10-28/h3-21,23-25,36-39,42,51-52,55H,22,26H2,1-2H3. The summed E-state index contributed by atoms with van der Waals surface area (Å²) in [5.74, 6) is -6.11. The second-order valence-corrected chi connectivity index (χ2v) is 16.0. The highest BCUT2D eigenvalue weighted by Gasteiger charge is 2.69. The molecule has 61 heavy (non-hydrogen) atoms. The van der Waals surface area contributed by atoms with Crippen molar-refractivity contribution in [3.05, 3.63) is 155 Å². The van der Waals surface area contributed by atoms with Gasteiger partial charge in [-0.3, -0.25) is 29.5 Å². The Labute approximate surface area is 356 Å². The lowest BCUT2D eigenvalue weighted by Gasteiger charge is -2.49. The van der Waals surface area contributed by atoms with Crippen molar-refractivity contribution in [2.24, 2.45) is 29.6 Å². The molecule has 2 heterocycles. The van der Waals surface area contributed by atoms with Gasteiger partial charge in [-0.15, -0.1) is 0 Å². The quantitative estimate of drug-likeness (QED) is 0.0932. The van der Waals surface area contributed by atoms with Crippen LogP contribution in [0.1, 0.15) is 24.0 Å². The first kappa shape index (κ1) is 39.5. The van der Waals surface area contributed by atoms with E-state index in [2.05, 4.69) is 10.7 Å². The molecule has 1 saturated carbocycles. The summed E-state index contributed by atoms with van der Waals surface area (Å²) in [7, 11) is 2.84. The van der Waals surface area contributed by atoms with Crippen LogP contribution in [-0.2, 0) is 24.6 Å². The van der Waals surface area contributed by atoms with Gasteiger partial charge in [-0.05, 0) is 115 Å². The number of nitrogens with zero attached hydrogens (tertiary/aromatic N) is 2. The van der Waals surface area contributed by atoms with Crippen molar-refractivity contribution in [3.63, 3.8) is 0 Å². The molecule has 3 fully saturated rings. The van der Waals surface area contributed by atoms with E-state index < -0.39 is 52.6 Å². The second kappa shape index (κ2) is 15.6. The first-order valence-electron chi connectivity index (χ1n) is 19.8. The smallest absolute Gasteiger partial charge is 0.260 e. The monoisotopic (exact) mass is 838 g/mol. The van der Waals surface area contributed by atoms with Crippen LogP contribution in [0.25, 0.3) is 6.08 Å². The molecule has 0 radical (unpaired) electrons. The molecule has 2 aliphatic heterocycles. The number of fused-ring (bicyclic) bond motifs is 4. The number of aromatic hydroxyl groups is 1. The lowest BCUT2D eigenvalue weighted by molar-refractivity contribution is -0.139. The number of carbonyl (C=O) groups is 4. The van der Waals surface area contributed by atoms with Gasteiger partial charge >= 0.3 is 0 Å². The molecule has 308 valence electrons. The van der Waals surface area contributed by atoms with E-state index in [1.807, 2.05) is 54.6 Å². The van der Waals surface area contributed by atoms with E-state index in [1.165, 1.54) is 43.4 Å². The number of phenols is 1. The number of benzene rings is 5. The number of anilines is 4. The summed E-state index contributed by atoms with van der Waals surface area (Å²) in [6.07, 6.45) is 5.89. The third-order valence-corrected chi connectivity index (χ3v) is 12.7. The van der Waals surface area contributed by atoms with Gasteiger partial charge in [0.05, 0.1) is 48.8 Å². The van der Waals surface area contributed by atoms with E-state index in [9.17, 15) is 23.9 Å². The Hall–Kier alpha value is -6.92. The Kier molecular flexibility index (Phi) is 10.1. The molecule has 6 atom stereocenters. The molecule has 5 aromatic rings. The van der Waals surface area contributed by atoms with Gasteiger partial charge in [-0.1, -0.05) is 65.7 Å². The minimum absolute atomic E-state index is 0.0831. The number of phenolic OH excluding ortho intramolecular Hbond substituents is 1. The molecule has 0 bridgehead atoms. The van der Waals surface area contributed by atoms with Crippen LogP contribution in [0.4, 0.5) is 27.1 Å². The Morgan fingerprint density at radius 2 is 1.43 bits per heavy atom. The van der Waals surface area contributed by atoms with Gasteiger partial charge in [0.25, 0.3) is 11.8 Å². The minimum atomic E-state index is -1.56. The fraction of sp³-hybridized carbons (Fsp3) is 0.208. The summed E-state index contributed by atoms with van der Waals surface area (Å²) in [5.41, 5.74) is 5.65. The number of ether oxygens (including phenoxy) is 2. The molecule has 2 saturated heterocycles. The third kappa shape index (κ3) is 6.58.